The fourth-order valence-corrected chi connectivity index (χ4v) is 4.39. The second-order valence-corrected chi connectivity index (χ2v) is 8.25. The highest BCUT2D eigenvalue weighted by atomic mass is 16.5. The van der Waals surface area contributed by atoms with Crippen LogP contribution in [0, 0.1) is 17.8 Å². The number of hydrogen-bond donors (Lipinski definition) is 0. The van der Waals surface area contributed by atoms with E-state index in [1.807, 2.05) is 0 Å². The van der Waals surface area contributed by atoms with Gasteiger partial charge in [-0.2, -0.15) is 0 Å². The molecule has 3 atom stereocenters. The van der Waals surface area contributed by atoms with Gasteiger partial charge in [-0.1, -0.05) is 91.4 Å². The molecule has 1 rings (SSSR count). The van der Waals surface area contributed by atoms with Gasteiger partial charge in [0.2, 0.25) is 0 Å². The average Bonchev–Trinajstić information content (AvgIpc) is 2.63. The van der Waals surface area contributed by atoms with E-state index >= 15 is 0 Å². The topological polar surface area (TPSA) is 26.3 Å². The third-order valence-corrected chi connectivity index (χ3v) is 6.07. The Morgan fingerprint density at radius 1 is 0.760 bits per heavy atom. The Morgan fingerprint density at radius 2 is 1.40 bits per heavy atom. The smallest absolute Gasteiger partial charge is 0.308 e. The molecule has 0 heterocycles. The molecule has 1 saturated carbocycles. The van der Waals surface area contributed by atoms with E-state index in [1.165, 1.54) is 77.0 Å². The summed E-state index contributed by atoms with van der Waals surface area (Å²) in [5, 5.41) is 0. The Balaban J connectivity index is 2.33. The molecule has 0 aromatic carbocycles. The number of esters is 1. The zero-order valence-electron chi connectivity index (χ0n) is 17.4. The summed E-state index contributed by atoms with van der Waals surface area (Å²) in [6.07, 6.45) is 18.8. The van der Waals surface area contributed by atoms with Crippen molar-refractivity contribution in [2.45, 2.75) is 117 Å². The molecular weight excluding hydrogens is 308 g/mol. The third kappa shape index (κ3) is 9.66. The minimum absolute atomic E-state index is 0.101. The van der Waals surface area contributed by atoms with Crippen LogP contribution < -0.4 is 0 Å². The van der Waals surface area contributed by atoms with Gasteiger partial charge in [-0.05, 0) is 37.5 Å². The molecule has 1 aliphatic rings. The lowest BCUT2D eigenvalue weighted by Crippen LogP contribution is -2.30. The van der Waals surface area contributed by atoms with E-state index in [9.17, 15) is 4.79 Å². The molecule has 0 aromatic rings. The van der Waals surface area contributed by atoms with Gasteiger partial charge in [0.1, 0.15) is 0 Å². The number of hydrogen-bond acceptors (Lipinski definition) is 2. The van der Waals surface area contributed by atoms with Gasteiger partial charge in [-0.15, -0.1) is 0 Å². The number of carbonyl (C=O) groups is 1. The van der Waals surface area contributed by atoms with Crippen LogP contribution in [-0.4, -0.2) is 12.6 Å². The van der Waals surface area contributed by atoms with Crippen molar-refractivity contribution in [3.63, 3.8) is 0 Å². The molecule has 0 N–H and O–H groups in total. The van der Waals surface area contributed by atoms with Gasteiger partial charge in [0.25, 0.3) is 0 Å². The normalized spacial score (nSPS) is 23.6. The Morgan fingerprint density at radius 3 is 2.12 bits per heavy atom. The van der Waals surface area contributed by atoms with Crippen molar-refractivity contribution in [1.82, 2.24) is 0 Å². The van der Waals surface area contributed by atoms with Gasteiger partial charge >= 0.3 is 5.97 Å². The molecule has 0 aliphatic heterocycles. The Bertz CT molecular complexity index is 326. The molecule has 0 saturated heterocycles. The fourth-order valence-electron chi connectivity index (χ4n) is 4.39. The Labute approximate surface area is 157 Å². The molecule has 2 nitrogen and oxygen atoms in total. The van der Waals surface area contributed by atoms with Crippen LogP contribution in [0.15, 0.2) is 0 Å². The summed E-state index contributed by atoms with van der Waals surface area (Å²) in [6, 6.07) is 0. The van der Waals surface area contributed by atoms with Crippen molar-refractivity contribution in [1.29, 1.82) is 0 Å². The first-order chi connectivity index (χ1) is 12.2. The molecule has 3 unspecified atom stereocenters. The molecule has 0 amide bonds. The first-order valence-electron chi connectivity index (χ1n) is 11.4. The molecule has 0 bridgehead atoms. The van der Waals surface area contributed by atoms with Crippen molar-refractivity contribution < 1.29 is 9.53 Å². The highest BCUT2D eigenvalue weighted by Gasteiger charge is 2.33. The van der Waals surface area contributed by atoms with E-state index in [2.05, 4.69) is 20.8 Å². The van der Waals surface area contributed by atoms with Gasteiger partial charge < -0.3 is 4.74 Å². The lowest BCUT2D eigenvalue weighted by Gasteiger charge is -2.35. The maximum atomic E-state index is 12.5. The number of carbonyl (C=O) groups excluding carboxylic acids is 1. The van der Waals surface area contributed by atoms with Crippen LogP contribution in [0.3, 0.4) is 0 Å². The largest absolute Gasteiger partial charge is 0.465 e. The first-order valence-corrected chi connectivity index (χ1v) is 11.4. The SMILES string of the molecule is CCCCCCCOC(=O)C1CCC(CCCCC)C(CCCC)C1. The lowest BCUT2D eigenvalue weighted by atomic mass is 9.70. The van der Waals surface area contributed by atoms with Crippen molar-refractivity contribution in [3.8, 4) is 0 Å². The van der Waals surface area contributed by atoms with E-state index in [0.29, 0.717) is 6.61 Å². The standard InChI is InChI=1S/C23H44O2/c1-4-7-10-11-13-18-25-23(24)22-17-16-20(15-12-8-5-2)21(19-22)14-9-6-3/h20-22H,4-19H2,1-3H3. The molecule has 2 heteroatoms. The maximum Gasteiger partial charge on any atom is 0.308 e. The molecular formula is C23H44O2. The van der Waals surface area contributed by atoms with Gasteiger partial charge in [-0.25, -0.2) is 0 Å². The van der Waals surface area contributed by atoms with Gasteiger partial charge in [0, 0.05) is 0 Å². The summed E-state index contributed by atoms with van der Waals surface area (Å²) in [7, 11) is 0. The molecule has 1 fully saturated rings. The molecule has 0 aromatic heterocycles. The van der Waals surface area contributed by atoms with E-state index in [4.69, 9.17) is 4.74 Å². The first kappa shape index (κ1) is 22.5. The van der Waals surface area contributed by atoms with Crippen LogP contribution in [0.1, 0.15) is 117 Å². The van der Waals surface area contributed by atoms with Crippen LogP contribution in [-0.2, 0) is 9.53 Å². The molecule has 0 radical (unpaired) electrons. The molecule has 148 valence electrons. The zero-order chi connectivity index (χ0) is 18.3. The third-order valence-electron chi connectivity index (χ3n) is 6.07. The van der Waals surface area contributed by atoms with Crippen LogP contribution in [0.2, 0.25) is 0 Å². The lowest BCUT2D eigenvalue weighted by molar-refractivity contribution is -0.151. The van der Waals surface area contributed by atoms with Crippen LogP contribution in [0.4, 0.5) is 0 Å². The van der Waals surface area contributed by atoms with E-state index in [0.717, 1.165) is 31.1 Å². The van der Waals surface area contributed by atoms with Crippen LogP contribution >= 0.6 is 0 Å². The Hall–Kier alpha value is -0.530. The van der Waals surface area contributed by atoms with Gasteiger partial charge in [-0.3, -0.25) is 4.79 Å². The summed E-state index contributed by atoms with van der Waals surface area (Å²) < 4.78 is 5.61. The summed E-state index contributed by atoms with van der Waals surface area (Å²) in [5.41, 5.74) is 0. The van der Waals surface area contributed by atoms with Crippen molar-refractivity contribution in [3.05, 3.63) is 0 Å². The minimum Gasteiger partial charge on any atom is -0.465 e. The summed E-state index contributed by atoms with van der Waals surface area (Å²) >= 11 is 0. The second kappa shape index (κ2) is 14.6. The second-order valence-electron chi connectivity index (χ2n) is 8.25. The maximum absolute atomic E-state index is 12.5. The fraction of sp³-hybridized carbons (Fsp3) is 0.957. The molecule has 1 aliphatic carbocycles. The zero-order valence-corrected chi connectivity index (χ0v) is 17.4. The quantitative estimate of drug-likeness (QED) is 0.242. The predicted molar refractivity (Wildman–Crippen MR) is 108 cm³/mol. The highest BCUT2D eigenvalue weighted by Crippen LogP contribution is 2.40. The van der Waals surface area contributed by atoms with E-state index < -0.39 is 0 Å². The summed E-state index contributed by atoms with van der Waals surface area (Å²) in [5.74, 6) is 1.90. The number of ether oxygens (including phenoxy) is 1. The highest BCUT2D eigenvalue weighted by molar-refractivity contribution is 5.72. The minimum atomic E-state index is 0.101. The van der Waals surface area contributed by atoms with Crippen molar-refractivity contribution in [2.24, 2.45) is 17.8 Å². The molecule has 25 heavy (non-hydrogen) atoms. The van der Waals surface area contributed by atoms with Crippen LogP contribution in [0.25, 0.3) is 0 Å². The number of rotatable bonds is 14. The molecule has 0 spiro atoms. The predicted octanol–water partition coefficient (Wildman–Crippen LogP) is 7.30. The van der Waals surface area contributed by atoms with Gasteiger partial charge in [0.15, 0.2) is 0 Å². The van der Waals surface area contributed by atoms with E-state index in [1.54, 1.807) is 0 Å². The Kier molecular flexibility index (Phi) is 13.2. The monoisotopic (exact) mass is 352 g/mol. The summed E-state index contributed by atoms with van der Waals surface area (Å²) in [6.45, 7) is 7.43. The summed E-state index contributed by atoms with van der Waals surface area (Å²) in [4.78, 5) is 12.5. The average molecular weight is 353 g/mol. The number of unbranched alkanes of at least 4 members (excludes halogenated alkanes) is 7. The van der Waals surface area contributed by atoms with Crippen molar-refractivity contribution >= 4 is 5.97 Å². The van der Waals surface area contributed by atoms with Gasteiger partial charge in [0.05, 0.1) is 12.5 Å². The van der Waals surface area contributed by atoms with E-state index in [-0.39, 0.29) is 11.9 Å². The van der Waals surface area contributed by atoms with Crippen LogP contribution in [0.5, 0.6) is 0 Å². The van der Waals surface area contributed by atoms with Crippen molar-refractivity contribution in [2.75, 3.05) is 6.61 Å².